The van der Waals surface area contributed by atoms with E-state index in [-0.39, 0.29) is 12.3 Å². The second-order valence-electron chi connectivity index (χ2n) is 6.99. The molecule has 0 saturated carbocycles. The fourth-order valence-electron chi connectivity index (χ4n) is 3.37. The van der Waals surface area contributed by atoms with Crippen LogP contribution in [0.4, 0.5) is 14.9 Å². The predicted octanol–water partition coefficient (Wildman–Crippen LogP) is 3.21. The zero-order valence-corrected chi connectivity index (χ0v) is 16.7. The smallest absolute Gasteiger partial charge is 0.325 e. The largest absolute Gasteiger partial charge is 0.326 e. The Morgan fingerprint density at radius 3 is 2.23 bits per heavy atom. The van der Waals surface area contributed by atoms with Crippen LogP contribution in [-0.4, -0.2) is 35.1 Å². The molecule has 1 fully saturated rings. The average molecular weight is 411 g/mol. The number of Topliss-reactive ketones (excluding diaryl/α,β-unsaturated/α-hetero) is 1. The highest BCUT2D eigenvalue weighted by atomic mass is 19.1. The maximum absolute atomic E-state index is 13.3. The van der Waals surface area contributed by atoms with Gasteiger partial charge in [0, 0.05) is 17.7 Å². The number of benzene rings is 2. The molecule has 1 heterocycles. The Morgan fingerprint density at radius 2 is 1.67 bits per heavy atom. The van der Waals surface area contributed by atoms with E-state index in [0.717, 1.165) is 4.90 Å². The highest BCUT2D eigenvalue weighted by Crippen LogP contribution is 2.32. The molecule has 1 atom stereocenters. The first-order valence-corrected chi connectivity index (χ1v) is 9.64. The number of hydrogen-bond donors (Lipinski definition) is 2. The number of halogens is 1. The van der Waals surface area contributed by atoms with Crippen LogP contribution in [0.2, 0.25) is 0 Å². The molecule has 2 N–H and O–H groups in total. The molecular weight excluding hydrogens is 389 g/mol. The normalized spacial score (nSPS) is 18.3. The topological polar surface area (TPSA) is 95.6 Å². The zero-order chi connectivity index (χ0) is 21.9. The standard InChI is InChI=1S/C22H22FN3O4/c1-3-19(28)24-17-11-5-14(6-12-17)18(27)13-26-20(29)22(4-2,25-21(26)30)15-7-9-16(23)10-8-15/h5-12H,3-4,13H2,1-2H3,(H,24,28)(H,25,30)/t22-/m0/s1. The molecule has 0 aliphatic carbocycles. The highest BCUT2D eigenvalue weighted by molar-refractivity contribution is 6.11. The SMILES string of the molecule is CCC(=O)Nc1ccc(C(=O)CN2C(=O)N[C@@](CC)(c3ccc(F)cc3)C2=O)cc1. The molecule has 0 radical (unpaired) electrons. The molecule has 3 rings (SSSR count). The van der Waals surface area contributed by atoms with E-state index in [1.54, 1.807) is 26.0 Å². The van der Waals surface area contributed by atoms with E-state index in [9.17, 15) is 23.6 Å². The van der Waals surface area contributed by atoms with Crippen LogP contribution in [0.5, 0.6) is 0 Å². The van der Waals surface area contributed by atoms with Crippen molar-refractivity contribution in [2.24, 2.45) is 0 Å². The van der Waals surface area contributed by atoms with Gasteiger partial charge in [-0.3, -0.25) is 19.3 Å². The second kappa shape index (κ2) is 8.44. The minimum atomic E-state index is -1.33. The van der Waals surface area contributed by atoms with Gasteiger partial charge in [0.25, 0.3) is 5.91 Å². The summed E-state index contributed by atoms with van der Waals surface area (Å²) >= 11 is 0. The second-order valence-corrected chi connectivity index (χ2v) is 6.99. The molecule has 2 aromatic carbocycles. The van der Waals surface area contributed by atoms with Gasteiger partial charge >= 0.3 is 6.03 Å². The monoisotopic (exact) mass is 411 g/mol. The minimum absolute atomic E-state index is 0.148. The van der Waals surface area contributed by atoms with E-state index < -0.39 is 35.6 Å². The van der Waals surface area contributed by atoms with E-state index in [0.29, 0.717) is 23.2 Å². The van der Waals surface area contributed by atoms with Gasteiger partial charge in [-0.25, -0.2) is 9.18 Å². The lowest BCUT2D eigenvalue weighted by molar-refractivity contribution is -0.131. The third-order valence-corrected chi connectivity index (χ3v) is 5.16. The van der Waals surface area contributed by atoms with Crippen molar-refractivity contribution >= 4 is 29.3 Å². The Balaban J connectivity index is 1.77. The van der Waals surface area contributed by atoms with Crippen LogP contribution in [0.3, 0.4) is 0 Å². The van der Waals surface area contributed by atoms with Crippen LogP contribution >= 0.6 is 0 Å². The van der Waals surface area contributed by atoms with Crippen LogP contribution in [0.25, 0.3) is 0 Å². The maximum atomic E-state index is 13.3. The summed E-state index contributed by atoms with van der Waals surface area (Å²) in [5.41, 5.74) is -0.0226. The Morgan fingerprint density at radius 1 is 1.03 bits per heavy atom. The van der Waals surface area contributed by atoms with Gasteiger partial charge in [-0.1, -0.05) is 26.0 Å². The van der Waals surface area contributed by atoms with Gasteiger partial charge in [0.1, 0.15) is 11.4 Å². The first kappa shape index (κ1) is 21.2. The van der Waals surface area contributed by atoms with Gasteiger partial charge in [-0.15, -0.1) is 0 Å². The molecule has 0 unspecified atom stereocenters. The van der Waals surface area contributed by atoms with Crippen LogP contribution in [0.15, 0.2) is 48.5 Å². The Labute approximate surface area is 173 Å². The lowest BCUT2D eigenvalue weighted by atomic mass is 9.87. The van der Waals surface area contributed by atoms with Crippen molar-refractivity contribution in [3.8, 4) is 0 Å². The summed E-state index contributed by atoms with van der Waals surface area (Å²) in [7, 11) is 0. The van der Waals surface area contributed by atoms with Crippen molar-refractivity contribution in [3.63, 3.8) is 0 Å². The van der Waals surface area contributed by atoms with Crippen LogP contribution < -0.4 is 10.6 Å². The number of amides is 4. The molecule has 156 valence electrons. The Kier molecular flexibility index (Phi) is 5.96. The first-order chi connectivity index (χ1) is 14.3. The lowest BCUT2D eigenvalue weighted by Crippen LogP contribution is -2.43. The molecule has 30 heavy (non-hydrogen) atoms. The van der Waals surface area contributed by atoms with Crippen LogP contribution in [-0.2, 0) is 15.1 Å². The van der Waals surface area contributed by atoms with Crippen LogP contribution in [0.1, 0.15) is 42.6 Å². The summed E-state index contributed by atoms with van der Waals surface area (Å²) in [6, 6.07) is 10.9. The lowest BCUT2D eigenvalue weighted by Gasteiger charge is -2.25. The summed E-state index contributed by atoms with van der Waals surface area (Å²) in [5, 5.41) is 5.34. The number of nitrogens with zero attached hydrogens (tertiary/aromatic N) is 1. The fraction of sp³-hybridized carbons (Fsp3) is 0.273. The molecular formula is C22H22FN3O4. The van der Waals surface area contributed by atoms with Gasteiger partial charge in [-0.05, 0) is 48.4 Å². The van der Waals surface area contributed by atoms with E-state index in [4.69, 9.17) is 0 Å². The van der Waals surface area contributed by atoms with Crippen molar-refractivity contribution in [3.05, 3.63) is 65.5 Å². The number of imide groups is 1. The number of anilines is 1. The minimum Gasteiger partial charge on any atom is -0.326 e. The Bertz CT molecular complexity index is 988. The highest BCUT2D eigenvalue weighted by Gasteiger charge is 2.51. The number of rotatable bonds is 7. The van der Waals surface area contributed by atoms with E-state index in [1.165, 1.54) is 36.4 Å². The predicted molar refractivity (Wildman–Crippen MR) is 108 cm³/mol. The van der Waals surface area contributed by atoms with Gasteiger partial charge in [-0.2, -0.15) is 0 Å². The molecule has 0 bridgehead atoms. The van der Waals surface area contributed by atoms with Gasteiger partial charge in [0.2, 0.25) is 5.91 Å². The average Bonchev–Trinajstić information content (AvgIpc) is 2.99. The number of nitrogens with one attached hydrogen (secondary N) is 2. The molecule has 0 spiro atoms. The number of hydrogen-bond acceptors (Lipinski definition) is 4. The van der Waals surface area contributed by atoms with E-state index in [1.807, 2.05) is 0 Å². The van der Waals surface area contributed by atoms with Crippen molar-refractivity contribution in [2.75, 3.05) is 11.9 Å². The summed E-state index contributed by atoms with van der Waals surface area (Å²) in [5.74, 6) is -1.57. The molecule has 7 nitrogen and oxygen atoms in total. The first-order valence-electron chi connectivity index (χ1n) is 9.64. The Hall–Kier alpha value is -3.55. The molecule has 0 aromatic heterocycles. The molecule has 1 aliphatic rings. The summed E-state index contributed by atoms with van der Waals surface area (Å²) in [6.07, 6.45) is 0.583. The molecule has 1 saturated heterocycles. The van der Waals surface area contributed by atoms with Crippen molar-refractivity contribution in [1.82, 2.24) is 10.2 Å². The van der Waals surface area contributed by atoms with Crippen molar-refractivity contribution in [1.29, 1.82) is 0 Å². The van der Waals surface area contributed by atoms with Crippen molar-refractivity contribution in [2.45, 2.75) is 32.2 Å². The summed E-state index contributed by atoms with van der Waals surface area (Å²) < 4.78 is 13.3. The van der Waals surface area contributed by atoms with Crippen LogP contribution in [0, 0.1) is 5.82 Å². The third kappa shape index (κ3) is 3.94. The number of carbonyl (C=O) groups is 4. The fourth-order valence-corrected chi connectivity index (χ4v) is 3.37. The van der Waals surface area contributed by atoms with E-state index >= 15 is 0 Å². The third-order valence-electron chi connectivity index (χ3n) is 5.16. The van der Waals surface area contributed by atoms with Gasteiger partial charge in [0.05, 0.1) is 6.54 Å². The van der Waals surface area contributed by atoms with Gasteiger partial charge < -0.3 is 10.6 Å². The molecule has 4 amide bonds. The number of urea groups is 1. The summed E-state index contributed by atoms with van der Waals surface area (Å²) in [6.45, 7) is 3.04. The zero-order valence-electron chi connectivity index (χ0n) is 16.7. The molecule has 1 aliphatic heterocycles. The van der Waals surface area contributed by atoms with E-state index in [2.05, 4.69) is 10.6 Å². The van der Waals surface area contributed by atoms with Crippen molar-refractivity contribution < 1.29 is 23.6 Å². The number of carbonyl (C=O) groups excluding carboxylic acids is 4. The molecule has 2 aromatic rings. The maximum Gasteiger partial charge on any atom is 0.325 e. The molecule has 8 heteroatoms. The quantitative estimate of drug-likeness (QED) is 0.540. The number of ketones is 1. The van der Waals surface area contributed by atoms with Gasteiger partial charge in [0.15, 0.2) is 5.78 Å². The summed E-state index contributed by atoms with van der Waals surface area (Å²) in [4.78, 5) is 50.5.